The van der Waals surface area contributed by atoms with Gasteiger partial charge in [0.2, 0.25) is 28.1 Å². The lowest BCUT2D eigenvalue weighted by molar-refractivity contribution is -0.131. The SMILES string of the molecule is CC(C)C.CNC(=O)C(NC(=O)CC(NS(=O)(=O)c1cc(Cl)cc(Cl)c1)C(O)N=O)C(C)(C)C. The minimum absolute atomic E-state index is 0.0461. The number of benzene rings is 1. The lowest BCUT2D eigenvalue weighted by Gasteiger charge is -2.30. The Morgan fingerprint density at radius 3 is 1.94 bits per heavy atom. The lowest BCUT2D eigenvalue weighted by Crippen LogP contribution is -2.54. The van der Waals surface area contributed by atoms with Crippen LogP contribution in [0.2, 0.25) is 10.0 Å². The van der Waals surface area contributed by atoms with E-state index < -0.39 is 52.0 Å². The van der Waals surface area contributed by atoms with Gasteiger partial charge in [0.25, 0.3) is 0 Å². The fourth-order valence-electron chi connectivity index (χ4n) is 2.47. The predicted octanol–water partition coefficient (Wildman–Crippen LogP) is 3.05. The molecule has 0 spiro atoms. The normalized spacial score (nSPS) is 14.3. The number of aliphatic hydroxyl groups is 1. The van der Waals surface area contributed by atoms with Crippen molar-refractivity contribution < 1.29 is 23.1 Å². The van der Waals surface area contributed by atoms with Gasteiger partial charge in [-0.3, -0.25) is 9.59 Å². The molecule has 1 aromatic rings. The molecule has 10 nitrogen and oxygen atoms in total. The van der Waals surface area contributed by atoms with Crippen molar-refractivity contribution in [1.29, 1.82) is 0 Å². The molecular formula is C21H34Cl2N4O6S. The zero-order valence-corrected chi connectivity index (χ0v) is 22.7. The van der Waals surface area contributed by atoms with Gasteiger partial charge >= 0.3 is 0 Å². The number of nitrogens with zero attached hydrogens (tertiary/aromatic N) is 1. The minimum atomic E-state index is -4.32. The van der Waals surface area contributed by atoms with E-state index in [9.17, 15) is 28.0 Å². The quantitative estimate of drug-likeness (QED) is 0.353. The molecule has 0 bridgehead atoms. The average molecular weight is 541 g/mol. The summed E-state index contributed by atoms with van der Waals surface area (Å²) in [6, 6.07) is 0.986. The van der Waals surface area contributed by atoms with Crippen LogP contribution < -0.4 is 15.4 Å². The second-order valence-electron chi connectivity index (χ2n) is 9.27. The summed E-state index contributed by atoms with van der Waals surface area (Å²) in [7, 11) is -2.92. The number of likely N-dealkylation sites (N-methyl/N-ethyl adjacent to an activating group) is 1. The number of nitroso groups, excluding NO2 is 1. The highest BCUT2D eigenvalue weighted by atomic mass is 35.5. The summed E-state index contributed by atoms with van der Waals surface area (Å²) in [5.74, 6) is -0.409. The summed E-state index contributed by atoms with van der Waals surface area (Å²) in [6.45, 7) is 11.7. The maximum Gasteiger partial charge on any atom is 0.242 e. The predicted molar refractivity (Wildman–Crippen MR) is 133 cm³/mol. The molecule has 13 heteroatoms. The highest BCUT2D eigenvalue weighted by molar-refractivity contribution is 7.89. The molecule has 0 heterocycles. The second kappa shape index (κ2) is 13.9. The van der Waals surface area contributed by atoms with Gasteiger partial charge in [-0.1, -0.05) is 64.7 Å². The first-order valence-electron chi connectivity index (χ1n) is 10.4. The van der Waals surface area contributed by atoms with Crippen LogP contribution in [0.1, 0.15) is 48.0 Å². The van der Waals surface area contributed by atoms with Crippen LogP contribution in [0.4, 0.5) is 0 Å². The van der Waals surface area contributed by atoms with E-state index in [1.807, 2.05) is 0 Å². The van der Waals surface area contributed by atoms with Crippen molar-refractivity contribution in [3.8, 4) is 0 Å². The van der Waals surface area contributed by atoms with E-state index in [2.05, 4.69) is 41.3 Å². The number of rotatable bonds is 9. The smallest absolute Gasteiger partial charge is 0.242 e. The van der Waals surface area contributed by atoms with Crippen molar-refractivity contribution >= 4 is 45.0 Å². The third-order valence-corrected chi connectivity index (χ3v) is 5.91. The van der Waals surface area contributed by atoms with Gasteiger partial charge in [-0.2, -0.15) is 0 Å². The van der Waals surface area contributed by atoms with Crippen LogP contribution >= 0.6 is 23.2 Å². The van der Waals surface area contributed by atoms with Crippen LogP contribution in [-0.2, 0) is 19.6 Å². The minimum Gasteiger partial charge on any atom is -0.368 e. The molecule has 0 fully saturated rings. The molecule has 0 aliphatic heterocycles. The third kappa shape index (κ3) is 11.6. The van der Waals surface area contributed by atoms with Gasteiger partial charge in [0, 0.05) is 23.5 Å². The van der Waals surface area contributed by atoms with E-state index in [1.165, 1.54) is 13.1 Å². The fraction of sp³-hybridized carbons (Fsp3) is 0.619. The van der Waals surface area contributed by atoms with Gasteiger partial charge in [0.1, 0.15) is 6.04 Å². The first-order valence-corrected chi connectivity index (χ1v) is 12.7. The number of hydrogen-bond donors (Lipinski definition) is 4. The third-order valence-electron chi connectivity index (χ3n) is 4.01. The number of carbonyl (C=O) groups excluding carboxylic acids is 2. The summed E-state index contributed by atoms with van der Waals surface area (Å²) in [5, 5.41) is 17.2. The van der Waals surface area contributed by atoms with E-state index in [1.54, 1.807) is 20.8 Å². The van der Waals surface area contributed by atoms with E-state index in [0.717, 1.165) is 18.1 Å². The largest absolute Gasteiger partial charge is 0.368 e. The monoisotopic (exact) mass is 540 g/mol. The average Bonchev–Trinajstić information content (AvgIpc) is 2.68. The van der Waals surface area contributed by atoms with Crippen molar-refractivity contribution in [2.75, 3.05) is 7.05 Å². The molecular weight excluding hydrogens is 507 g/mol. The summed E-state index contributed by atoms with van der Waals surface area (Å²) in [6.07, 6.45) is -2.72. The topological polar surface area (TPSA) is 154 Å². The Labute approximate surface area is 211 Å². The van der Waals surface area contributed by atoms with Gasteiger partial charge in [-0.15, -0.1) is 4.91 Å². The molecule has 194 valence electrons. The van der Waals surface area contributed by atoms with Crippen LogP contribution in [0.3, 0.4) is 0 Å². The van der Waals surface area contributed by atoms with Crippen molar-refractivity contribution in [3.05, 3.63) is 33.2 Å². The van der Waals surface area contributed by atoms with Gasteiger partial charge in [-0.25, -0.2) is 13.1 Å². The first kappa shape index (κ1) is 32.2. The highest BCUT2D eigenvalue weighted by Gasteiger charge is 2.34. The first-order chi connectivity index (χ1) is 15.4. The molecule has 34 heavy (non-hydrogen) atoms. The Morgan fingerprint density at radius 1 is 1.09 bits per heavy atom. The molecule has 0 radical (unpaired) electrons. The van der Waals surface area contributed by atoms with E-state index in [0.29, 0.717) is 0 Å². The Bertz CT molecular complexity index is 928. The molecule has 4 N–H and O–H groups in total. The Balaban J connectivity index is 0.00000251. The molecule has 3 unspecified atom stereocenters. The van der Waals surface area contributed by atoms with E-state index in [-0.39, 0.29) is 14.9 Å². The maximum absolute atomic E-state index is 12.6. The summed E-state index contributed by atoms with van der Waals surface area (Å²) < 4.78 is 27.3. The molecule has 2 amide bonds. The standard InChI is InChI=1S/C17H24Cl2N4O6S.C4H10/c1-17(2,3)14(16(26)20-4)21-13(24)8-12(15(25)22-27)23-30(28,29)11-6-9(18)5-10(19)7-11;1-4(2)3/h5-7,12,14-15,23,25H,8H2,1-4H3,(H,20,26)(H,21,24);4H,1-3H3. The molecule has 0 aromatic heterocycles. The Morgan fingerprint density at radius 2 is 1.56 bits per heavy atom. The summed E-state index contributed by atoms with van der Waals surface area (Å²) >= 11 is 11.6. The van der Waals surface area contributed by atoms with Gasteiger partial charge < -0.3 is 15.7 Å². The number of amides is 2. The molecule has 0 aliphatic rings. The van der Waals surface area contributed by atoms with E-state index in [4.69, 9.17) is 23.2 Å². The zero-order chi connectivity index (χ0) is 26.9. The molecule has 0 saturated heterocycles. The van der Waals surface area contributed by atoms with Gasteiger partial charge in [0.05, 0.1) is 10.9 Å². The van der Waals surface area contributed by atoms with Crippen LogP contribution in [0, 0.1) is 16.2 Å². The van der Waals surface area contributed by atoms with Gasteiger partial charge in [-0.05, 0) is 34.7 Å². The van der Waals surface area contributed by atoms with Crippen LogP contribution in [0.25, 0.3) is 0 Å². The van der Waals surface area contributed by atoms with Crippen molar-refractivity contribution in [1.82, 2.24) is 15.4 Å². The van der Waals surface area contributed by atoms with Crippen molar-refractivity contribution in [2.24, 2.45) is 16.5 Å². The number of sulfonamides is 1. The van der Waals surface area contributed by atoms with Crippen LogP contribution in [0.5, 0.6) is 0 Å². The van der Waals surface area contributed by atoms with Gasteiger partial charge in [0.15, 0.2) is 0 Å². The van der Waals surface area contributed by atoms with Crippen molar-refractivity contribution in [2.45, 2.75) is 71.2 Å². The number of aliphatic hydroxyl groups excluding tert-OH is 1. The summed E-state index contributed by atoms with van der Waals surface area (Å²) in [5.41, 5.74) is -0.663. The number of carbonyl (C=O) groups is 2. The maximum atomic E-state index is 12.6. The second-order valence-corrected chi connectivity index (χ2v) is 11.9. The molecule has 0 aliphatic carbocycles. The number of halogens is 2. The zero-order valence-electron chi connectivity index (χ0n) is 20.3. The molecule has 1 aromatic carbocycles. The molecule has 3 atom stereocenters. The highest BCUT2D eigenvalue weighted by Crippen LogP contribution is 2.23. The fourth-order valence-corrected chi connectivity index (χ4v) is 4.43. The van der Waals surface area contributed by atoms with Crippen molar-refractivity contribution in [3.63, 3.8) is 0 Å². The number of hydrogen-bond acceptors (Lipinski definition) is 7. The molecule has 0 saturated carbocycles. The molecule has 1 rings (SSSR count). The van der Waals surface area contributed by atoms with Crippen LogP contribution in [0.15, 0.2) is 28.3 Å². The Hall–Kier alpha value is -1.79. The summed E-state index contributed by atoms with van der Waals surface area (Å²) in [4.78, 5) is 35.0. The van der Waals surface area contributed by atoms with E-state index >= 15 is 0 Å². The Kier molecular flexibility index (Phi) is 13.2. The number of nitrogens with one attached hydrogen (secondary N) is 3. The lowest BCUT2D eigenvalue weighted by atomic mass is 9.86. The van der Waals surface area contributed by atoms with Crippen LogP contribution in [-0.4, -0.2) is 50.7 Å².